The van der Waals surface area contributed by atoms with Crippen molar-refractivity contribution in [1.29, 1.82) is 0 Å². The van der Waals surface area contributed by atoms with Gasteiger partial charge in [0.2, 0.25) is 0 Å². The van der Waals surface area contributed by atoms with Crippen LogP contribution in [0.1, 0.15) is 20.0 Å². The first-order valence-electron chi connectivity index (χ1n) is 7.98. The number of hydrogen-bond donors (Lipinski definition) is 0. The van der Waals surface area contributed by atoms with E-state index >= 15 is 0 Å². The first kappa shape index (κ1) is 19.9. The van der Waals surface area contributed by atoms with Crippen LogP contribution in [0.5, 0.6) is 0 Å². The number of benzene rings is 1. The molecule has 0 fully saturated rings. The molecule has 0 aliphatic carbocycles. The Morgan fingerprint density at radius 3 is 2.64 bits per heavy atom. The minimum Gasteiger partial charge on any atom is -0.465 e. The lowest BCUT2D eigenvalue weighted by atomic mass is 10.2. The first-order valence-corrected chi connectivity index (χ1v) is 9.62. The van der Waals surface area contributed by atoms with Crippen molar-refractivity contribution >= 4 is 49.8 Å². The first-order chi connectivity index (χ1) is 13.4. The maximum Gasteiger partial charge on any atom is 0.337 e. The molecule has 0 spiro atoms. The lowest BCUT2D eigenvalue weighted by Crippen LogP contribution is -2.19. The van der Waals surface area contributed by atoms with Crippen molar-refractivity contribution in [1.82, 2.24) is 4.57 Å². The molecule has 146 valence electrons. The number of amides is 1. The summed E-state index contributed by atoms with van der Waals surface area (Å²) in [4.78, 5) is 39.3. The number of methoxy groups -OCH3 is 2. The highest BCUT2D eigenvalue weighted by atomic mass is 32.1. The average molecular weight is 421 g/mol. The van der Waals surface area contributed by atoms with E-state index in [-0.39, 0.29) is 9.88 Å². The van der Waals surface area contributed by atoms with Gasteiger partial charge in [-0.3, -0.25) is 14.9 Å². The van der Waals surface area contributed by atoms with Crippen LogP contribution in [0.15, 0.2) is 35.3 Å². The van der Waals surface area contributed by atoms with Crippen LogP contribution in [-0.4, -0.2) is 42.2 Å². The number of nitro groups is 1. The predicted octanol–water partition coefficient (Wildman–Crippen LogP) is 2.85. The SMILES string of the molecule is COCCn1c(=NC(=O)c2ccc([N+](=O)[O-])s2)sc2cc(C(=O)OC)ccc21. The monoisotopic (exact) mass is 421 g/mol. The maximum absolute atomic E-state index is 12.5. The van der Waals surface area contributed by atoms with Gasteiger partial charge in [0.25, 0.3) is 5.91 Å². The molecule has 3 aromatic rings. The van der Waals surface area contributed by atoms with E-state index < -0.39 is 16.8 Å². The molecule has 1 aromatic carbocycles. The van der Waals surface area contributed by atoms with Gasteiger partial charge in [-0.2, -0.15) is 4.99 Å². The molecular weight excluding hydrogens is 406 g/mol. The van der Waals surface area contributed by atoms with Gasteiger partial charge >= 0.3 is 11.0 Å². The predicted molar refractivity (Wildman–Crippen MR) is 104 cm³/mol. The van der Waals surface area contributed by atoms with Gasteiger partial charge in [0.15, 0.2) is 4.80 Å². The molecule has 1 amide bonds. The van der Waals surface area contributed by atoms with E-state index in [4.69, 9.17) is 9.47 Å². The second-order valence-electron chi connectivity index (χ2n) is 5.52. The van der Waals surface area contributed by atoms with Gasteiger partial charge < -0.3 is 14.0 Å². The molecule has 2 heterocycles. The highest BCUT2D eigenvalue weighted by Gasteiger charge is 2.16. The summed E-state index contributed by atoms with van der Waals surface area (Å²) in [6, 6.07) is 7.73. The summed E-state index contributed by atoms with van der Waals surface area (Å²) < 4.78 is 12.4. The number of aromatic nitrogens is 1. The van der Waals surface area contributed by atoms with Crippen molar-refractivity contribution in [3.05, 3.63) is 55.7 Å². The lowest BCUT2D eigenvalue weighted by Gasteiger charge is -2.04. The number of rotatable bonds is 6. The maximum atomic E-state index is 12.5. The van der Waals surface area contributed by atoms with E-state index in [0.717, 1.165) is 21.6 Å². The number of carbonyl (C=O) groups excluding carboxylic acids is 2. The molecule has 9 nitrogen and oxygen atoms in total. The van der Waals surface area contributed by atoms with E-state index in [1.165, 1.54) is 30.6 Å². The molecule has 2 aromatic heterocycles. The Labute approximate surface area is 166 Å². The third-order valence-corrected chi connectivity index (χ3v) is 5.87. The lowest BCUT2D eigenvalue weighted by molar-refractivity contribution is -0.380. The van der Waals surface area contributed by atoms with Gasteiger partial charge in [-0.1, -0.05) is 22.7 Å². The van der Waals surface area contributed by atoms with Crippen molar-refractivity contribution < 1.29 is 24.0 Å². The summed E-state index contributed by atoms with van der Waals surface area (Å²) in [6.07, 6.45) is 0. The third kappa shape index (κ3) is 4.01. The Morgan fingerprint density at radius 2 is 2.00 bits per heavy atom. The fourth-order valence-electron chi connectivity index (χ4n) is 2.48. The molecular formula is C17H15N3O6S2. The van der Waals surface area contributed by atoms with Crippen molar-refractivity contribution in [2.75, 3.05) is 20.8 Å². The summed E-state index contributed by atoms with van der Waals surface area (Å²) in [5.41, 5.74) is 1.18. The number of hydrogen-bond acceptors (Lipinski definition) is 8. The molecule has 0 atom stereocenters. The van der Waals surface area contributed by atoms with E-state index in [0.29, 0.717) is 23.5 Å². The van der Waals surface area contributed by atoms with Crippen LogP contribution >= 0.6 is 22.7 Å². The van der Waals surface area contributed by atoms with Crippen LogP contribution in [0, 0.1) is 10.1 Å². The van der Waals surface area contributed by atoms with Crippen LogP contribution in [0.2, 0.25) is 0 Å². The van der Waals surface area contributed by atoms with E-state index in [9.17, 15) is 19.7 Å². The molecule has 11 heteroatoms. The van der Waals surface area contributed by atoms with Gasteiger partial charge in [-0.05, 0) is 24.3 Å². The minimum atomic E-state index is -0.566. The average Bonchev–Trinajstić information content (AvgIpc) is 3.30. The molecule has 3 rings (SSSR count). The Bertz CT molecular complexity index is 1130. The number of thiophene rings is 1. The summed E-state index contributed by atoms with van der Waals surface area (Å²) >= 11 is 2.01. The Kier molecular flexibility index (Phi) is 5.97. The molecule has 28 heavy (non-hydrogen) atoms. The van der Waals surface area contributed by atoms with Crippen molar-refractivity contribution in [2.45, 2.75) is 6.54 Å². The molecule has 0 N–H and O–H groups in total. The zero-order valence-electron chi connectivity index (χ0n) is 14.9. The number of ether oxygens (including phenoxy) is 2. The van der Waals surface area contributed by atoms with E-state index in [1.54, 1.807) is 25.3 Å². The molecule has 0 unspecified atom stereocenters. The Balaban J connectivity index is 2.08. The summed E-state index contributed by atoms with van der Waals surface area (Å²) in [7, 11) is 2.87. The fraction of sp³-hybridized carbons (Fsp3) is 0.235. The third-order valence-electron chi connectivity index (χ3n) is 3.80. The molecule has 0 bridgehead atoms. The molecule has 0 aliphatic rings. The van der Waals surface area contributed by atoms with Crippen molar-refractivity contribution in [2.24, 2.45) is 4.99 Å². The second kappa shape index (κ2) is 8.42. The van der Waals surface area contributed by atoms with Gasteiger partial charge in [0, 0.05) is 19.7 Å². The normalized spacial score (nSPS) is 11.7. The minimum absolute atomic E-state index is 0.120. The zero-order chi connectivity index (χ0) is 20.3. The van der Waals surface area contributed by atoms with Gasteiger partial charge in [0.1, 0.15) is 4.88 Å². The number of nitrogens with zero attached hydrogens (tertiary/aromatic N) is 3. The van der Waals surface area contributed by atoms with E-state index in [2.05, 4.69) is 4.99 Å². The molecule has 0 saturated carbocycles. The Hall–Kier alpha value is -2.89. The molecule has 0 radical (unpaired) electrons. The summed E-state index contributed by atoms with van der Waals surface area (Å²) in [6.45, 7) is 0.848. The van der Waals surface area contributed by atoms with Crippen molar-refractivity contribution in [3.8, 4) is 0 Å². The summed E-state index contributed by atoms with van der Waals surface area (Å²) in [5.74, 6) is -1.02. The number of esters is 1. The van der Waals surface area contributed by atoms with Gasteiger partial charge in [0.05, 0.1) is 34.4 Å². The van der Waals surface area contributed by atoms with Gasteiger partial charge in [-0.25, -0.2) is 4.79 Å². The zero-order valence-corrected chi connectivity index (χ0v) is 16.5. The number of fused-ring (bicyclic) bond motifs is 1. The highest BCUT2D eigenvalue weighted by molar-refractivity contribution is 7.17. The molecule has 0 aliphatic heterocycles. The number of carbonyl (C=O) groups is 2. The largest absolute Gasteiger partial charge is 0.465 e. The summed E-state index contributed by atoms with van der Waals surface area (Å²) in [5, 5.41) is 10.7. The van der Waals surface area contributed by atoms with Crippen LogP contribution in [0.3, 0.4) is 0 Å². The standard InChI is InChI=1S/C17H15N3O6S2/c1-25-8-7-19-11-4-3-10(16(22)26-2)9-13(11)28-17(19)18-15(21)12-5-6-14(27-12)20(23)24/h3-6,9H,7-8H2,1-2H3. The smallest absolute Gasteiger partial charge is 0.337 e. The van der Waals surface area contributed by atoms with E-state index in [1.807, 2.05) is 4.57 Å². The van der Waals surface area contributed by atoms with Crippen LogP contribution in [0.4, 0.5) is 5.00 Å². The fourth-order valence-corrected chi connectivity index (χ4v) is 4.28. The Morgan fingerprint density at radius 1 is 1.21 bits per heavy atom. The molecule has 0 saturated heterocycles. The number of thiazole rings is 1. The highest BCUT2D eigenvalue weighted by Crippen LogP contribution is 2.25. The van der Waals surface area contributed by atoms with Crippen LogP contribution < -0.4 is 4.80 Å². The van der Waals surface area contributed by atoms with Crippen LogP contribution in [0.25, 0.3) is 10.2 Å². The quantitative estimate of drug-likeness (QED) is 0.344. The van der Waals surface area contributed by atoms with Crippen molar-refractivity contribution in [3.63, 3.8) is 0 Å². The van der Waals surface area contributed by atoms with Gasteiger partial charge in [-0.15, -0.1) is 0 Å². The van der Waals surface area contributed by atoms with Crippen LogP contribution in [-0.2, 0) is 16.0 Å². The topological polar surface area (TPSA) is 113 Å². The second-order valence-corrected chi connectivity index (χ2v) is 7.59.